The van der Waals surface area contributed by atoms with E-state index in [4.69, 9.17) is 19.2 Å². The lowest BCUT2D eigenvalue weighted by Crippen LogP contribution is -2.11. The van der Waals surface area contributed by atoms with Gasteiger partial charge in [-0.15, -0.1) is 0 Å². The Kier molecular flexibility index (Phi) is 4.83. The van der Waals surface area contributed by atoms with Crippen molar-refractivity contribution in [3.05, 3.63) is 29.7 Å². The second kappa shape index (κ2) is 6.43. The molecule has 0 unspecified atom stereocenters. The van der Waals surface area contributed by atoms with E-state index in [0.717, 1.165) is 0 Å². The van der Waals surface area contributed by atoms with Crippen LogP contribution in [0.5, 0.6) is 0 Å². The van der Waals surface area contributed by atoms with E-state index >= 15 is 0 Å². The molecule has 0 aromatic carbocycles. The van der Waals surface area contributed by atoms with E-state index in [1.165, 1.54) is 25.7 Å². The molecule has 5 heteroatoms. The van der Waals surface area contributed by atoms with Crippen molar-refractivity contribution >= 4 is 12.0 Å². The molecule has 0 spiro atoms. The molecule has 0 fully saturated rings. The number of furan rings is 1. The summed E-state index contributed by atoms with van der Waals surface area (Å²) < 4.78 is 14.3. The van der Waals surface area contributed by atoms with Crippen molar-refractivity contribution < 1.29 is 18.7 Å². The number of esters is 1. The van der Waals surface area contributed by atoms with Crippen LogP contribution in [0.15, 0.2) is 28.6 Å². The van der Waals surface area contributed by atoms with E-state index in [9.17, 15) is 4.79 Å². The van der Waals surface area contributed by atoms with Crippen LogP contribution in [0.4, 0.5) is 0 Å². The van der Waals surface area contributed by atoms with Gasteiger partial charge in [-0.05, 0) is 12.1 Å². The Labute approximate surface area is 92.9 Å². The molecule has 0 saturated heterocycles. The number of rotatable bonds is 5. The lowest BCUT2D eigenvalue weighted by atomic mass is 10.2. The zero-order valence-corrected chi connectivity index (χ0v) is 8.80. The third kappa shape index (κ3) is 3.59. The number of hydrogen-bond acceptors (Lipinski definition) is 5. The molecule has 0 radical (unpaired) electrons. The lowest BCUT2D eigenvalue weighted by Gasteiger charge is -2.01. The summed E-state index contributed by atoms with van der Waals surface area (Å²) in [7, 11) is 1.50. The normalized spacial score (nSPS) is 10.9. The minimum atomic E-state index is -0.666. The second-order valence-corrected chi connectivity index (χ2v) is 2.86. The summed E-state index contributed by atoms with van der Waals surface area (Å²) in [5, 5.41) is 8.77. The number of nitrogens with zero attached hydrogens (tertiary/aromatic N) is 1. The first-order valence-electron chi connectivity index (χ1n) is 4.58. The molecule has 5 nitrogen and oxygen atoms in total. The van der Waals surface area contributed by atoms with Crippen LogP contribution in [0.3, 0.4) is 0 Å². The first kappa shape index (κ1) is 12.0. The molecule has 84 valence electrons. The van der Waals surface area contributed by atoms with Gasteiger partial charge in [-0.3, -0.25) is 0 Å². The Hall–Kier alpha value is -2.06. The van der Waals surface area contributed by atoms with E-state index in [1.807, 2.05) is 0 Å². The van der Waals surface area contributed by atoms with Crippen molar-refractivity contribution in [1.29, 1.82) is 5.26 Å². The Bertz CT molecular complexity index is 400. The maximum Gasteiger partial charge on any atom is 0.348 e. The van der Waals surface area contributed by atoms with Crippen LogP contribution in [0.2, 0.25) is 0 Å². The van der Waals surface area contributed by atoms with Crippen molar-refractivity contribution in [2.45, 2.75) is 0 Å². The van der Waals surface area contributed by atoms with Gasteiger partial charge in [-0.2, -0.15) is 5.26 Å². The Morgan fingerprint density at radius 1 is 1.62 bits per heavy atom. The molecule has 1 heterocycles. The van der Waals surface area contributed by atoms with Gasteiger partial charge < -0.3 is 13.9 Å². The summed E-state index contributed by atoms with van der Waals surface area (Å²) >= 11 is 0. The van der Waals surface area contributed by atoms with E-state index in [2.05, 4.69) is 0 Å². The fourth-order valence-electron chi connectivity index (χ4n) is 0.956. The number of carbonyl (C=O) groups is 1. The van der Waals surface area contributed by atoms with Crippen LogP contribution in [0, 0.1) is 11.3 Å². The predicted octanol–water partition coefficient (Wildman–Crippen LogP) is 1.38. The second-order valence-electron chi connectivity index (χ2n) is 2.86. The van der Waals surface area contributed by atoms with Crippen LogP contribution in [-0.2, 0) is 14.3 Å². The first-order chi connectivity index (χ1) is 7.77. The van der Waals surface area contributed by atoms with Gasteiger partial charge in [-0.25, -0.2) is 4.79 Å². The van der Waals surface area contributed by atoms with Gasteiger partial charge in [0.05, 0.1) is 19.1 Å². The molecule has 1 aromatic heterocycles. The van der Waals surface area contributed by atoms with Crippen molar-refractivity contribution in [1.82, 2.24) is 0 Å². The molecule has 0 amide bonds. The summed E-state index contributed by atoms with van der Waals surface area (Å²) in [5.74, 6) is -0.666. The molecule has 0 saturated carbocycles. The van der Waals surface area contributed by atoms with Gasteiger partial charge in [0.25, 0.3) is 0 Å². The summed E-state index contributed by atoms with van der Waals surface area (Å²) in [6.45, 7) is 0.426. The van der Waals surface area contributed by atoms with Crippen molar-refractivity contribution in [3.8, 4) is 6.07 Å². The predicted molar refractivity (Wildman–Crippen MR) is 55.1 cm³/mol. The minimum absolute atomic E-state index is 0.0718. The van der Waals surface area contributed by atoms with Crippen LogP contribution in [0.25, 0.3) is 6.08 Å². The fraction of sp³-hybridized carbons (Fsp3) is 0.273. The average molecular weight is 221 g/mol. The van der Waals surface area contributed by atoms with Gasteiger partial charge in [0.15, 0.2) is 0 Å². The summed E-state index contributed by atoms with van der Waals surface area (Å²) in [6.07, 6.45) is 4.29. The molecule has 0 bridgehead atoms. The van der Waals surface area contributed by atoms with E-state index in [1.54, 1.807) is 12.1 Å². The molecule has 16 heavy (non-hydrogen) atoms. The van der Waals surface area contributed by atoms with Gasteiger partial charge in [0, 0.05) is 12.7 Å². The monoisotopic (exact) mass is 221 g/mol. The van der Waals surface area contributed by atoms with Gasteiger partial charge in [-0.1, -0.05) is 0 Å². The topological polar surface area (TPSA) is 72.5 Å². The Morgan fingerprint density at radius 2 is 2.44 bits per heavy atom. The van der Waals surface area contributed by atoms with E-state index in [0.29, 0.717) is 12.2 Å². The number of methoxy groups -OCH3 is 1. The van der Waals surface area contributed by atoms with E-state index in [-0.39, 0.29) is 12.2 Å². The molecule has 1 aromatic rings. The summed E-state index contributed by atoms with van der Waals surface area (Å²) in [6, 6.07) is 3.41. The number of nitriles is 1. The zero-order valence-electron chi connectivity index (χ0n) is 8.80. The van der Waals surface area contributed by atoms with Crippen LogP contribution < -0.4 is 0 Å². The van der Waals surface area contributed by atoms with Gasteiger partial charge >= 0.3 is 5.97 Å². The molecule has 0 aliphatic rings. The summed E-state index contributed by atoms with van der Waals surface area (Å²) in [5.41, 5.74) is 0.567. The van der Waals surface area contributed by atoms with Crippen molar-refractivity contribution in [2.75, 3.05) is 20.3 Å². The third-order valence-corrected chi connectivity index (χ3v) is 1.72. The number of hydrogen-bond donors (Lipinski definition) is 0. The van der Waals surface area contributed by atoms with Crippen LogP contribution in [-0.4, -0.2) is 26.3 Å². The Morgan fingerprint density at radius 3 is 3.00 bits per heavy atom. The maximum absolute atomic E-state index is 11.4. The van der Waals surface area contributed by atoms with Gasteiger partial charge in [0.1, 0.15) is 18.2 Å². The smallest absolute Gasteiger partial charge is 0.348 e. The highest BCUT2D eigenvalue weighted by molar-refractivity contribution is 5.97. The standard InChI is InChI=1S/C11H11NO4/c1-14-4-5-16-11(13)10(7-12)6-9-2-3-15-8-9/h2-3,6,8H,4-5H2,1H3/b10-6+. The minimum Gasteiger partial charge on any atom is -0.472 e. The molecule has 0 atom stereocenters. The molecule has 1 rings (SSSR count). The highest BCUT2D eigenvalue weighted by Gasteiger charge is 2.10. The maximum atomic E-state index is 11.4. The van der Waals surface area contributed by atoms with Crippen LogP contribution in [0.1, 0.15) is 5.56 Å². The lowest BCUT2D eigenvalue weighted by molar-refractivity contribution is -0.139. The molecule has 0 aliphatic carbocycles. The first-order valence-corrected chi connectivity index (χ1v) is 4.58. The highest BCUT2D eigenvalue weighted by atomic mass is 16.6. The molecule has 0 aliphatic heterocycles. The fourth-order valence-corrected chi connectivity index (χ4v) is 0.956. The third-order valence-electron chi connectivity index (χ3n) is 1.72. The molecule has 0 N–H and O–H groups in total. The highest BCUT2D eigenvalue weighted by Crippen LogP contribution is 2.08. The number of carbonyl (C=O) groups excluding carboxylic acids is 1. The zero-order chi connectivity index (χ0) is 11.8. The Balaban J connectivity index is 2.61. The largest absolute Gasteiger partial charge is 0.472 e. The number of ether oxygens (including phenoxy) is 2. The molecular weight excluding hydrogens is 210 g/mol. The van der Waals surface area contributed by atoms with Crippen molar-refractivity contribution in [2.24, 2.45) is 0 Å². The summed E-state index contributed by atoms with van der Waals surface area (Å²) in [4.78, 5) is 11.4. The average Bonchev–Trinajstić information content (AvgIpc) is 2.78. The van der Waals surface area contributed by atoms with Gasteiger partial charge in [0.2, 0.25) is 0 Å². The van der Waals surface area contributed by atoms with Crippen molar-refractivity contribution in [3.63, 3.8) is 0 Å². The van der Waals surface area contributed by atoms with Crippen LogP contribution >= 0.6 is 0 Å². The SMILES string of the molecule is COCCOC(=O)/C(C#N)=C/c1ccoc1. The quantitative estimate of drug-likeness (QED) is 0.325. The van der Waals surface area contributed by atoms with E-state index < -0.39 is 5.97 Å². The molecular formula is C11H11NO4.